The van der Waals surface area contributed by atoms with E-state index < -0.39 is 0 Å². The molecule has 0 bridgehead atoms. The van der Waals surface area contributed by atoms with E-state index in [1.165, 1.54) is 21.4 Å². The van der Waals surface area contributed by atoms with Gasteiger partial charge < -0.3 is 0 Å². The molecule has 6 nitrogen and oxygen atoms in total. The summed E-state index contributed by atoms with van der Waals surface area (Å²) < 4.78 is 2.70. The molecule has 0 saturated carbocycles. The van der Waals surface area contributed by atoms with E-state index in [4.69, 9.17) is 0 Å². The minimum atomic E-state index is -0.308. The number of carbonyl (C=O) groups is 1. The minimum absolute atomic E-state index is 0.0732. The zero-order valence-electron chi connectivity index (χ0n) is 12.4. The van der Waals surface area contributed by atoms with Gasteiger partial charge in [-0.3, -0.25) is 19.1 Å². The predicted molar refractivity (Wildman–Crippen MR) is 79.0 cm³/mol. The Kier molecular flexibility index (Phi) is 4.47. The number of hydrogen-bond donors (Lipinski definition) is 0. The lowest BCUT2D eigenvalue weighted by atomic mass is 10.3. The third kappa shape index (κ3) is 3.34. The summed E-state index contributed by atoms with van der Waals surface area (Å²) >= 11 is 0. The number of aromatic nitrogens is 3. The fourth-order valence-corrected chi connectivity index (χ4v) is 1.89. The number of rotatable bonds is 3. The van der Waals surface area contributed by atoms with Crippen LogP contribution in [0.5, 0.6) is 0 Å². The first kappa shape index (κ1) is 14.9. The maximum atomic E-state index is 12.6. The second-order valence-corrected chi connectivity index (χ2v) is 4.83. The molecule has 0 unspecified atom stereocenters. The van der Waals surface area contributed by atoms with E-state index in [1.54, 1.807) is 25.3 Å². The van der Waals surface area contributed by atoms with Gasteiger partial charge >= 0.3 is 0 Å². The van der Waals surface area contributed by atoms with Crippen LogP contribution in [0.25, 0.3) is 0 Å². The predicted octanol–water partition coefficient (Wildman–Crippen LogP) is 1.06. The van der Waals surface area contributed by atoms with Gasteiger partial charge in [0.05, 0.1) is 0 Å². The van der Waals surface area contributed by atoms with E-state index in [2.05, 4.69) is 10.1 Å². The van der Waals surface area contributed by atoms with Crippen molar-refractivity contribution in [1.29, 1.82) is 0 Å². The Morgan fingerprint density at radius 3 is 2.71 bits per heavy atom. The Balaban J connectivity index is 2.53. The van der Waals surface area contributed by atoms with E-state index in [9.17, 15) is 9.59 Å². The van der Waals surface area contributed by atoms with E-state index in [-0.39, 0.29) is 23.2 Å². The highest BCUT2D eigenvalue weighted by atomic mass is 16.2. The number of hydrogen-bond acceptors (Lipinski definition) is 4. The lowest BCUT2D eigenvalue weighted by Gasteiger charge is -2.08. The van der Waals surface area contributed by atoms with E-state index in [0.29, 0.717) is 12.0 Å². The molecule has 0 aliphatic heterocycles. The summed E-state index contributed by atoms with van der Waals surface area (Å²) in [5, 5.41) is 4.08. The molecule has 0 fully saturated rings. The molecule has 0 amide bonds. The molecule has 2 heterocycles. The fraction of sp³-hybridized carbons (Fsp3) is 0.333. The summed E-state index contributed by atoms with van der Waals surface area (Å²) in [5.41, 5.74) is 0.556. The monoisotopic (exact) mass is 286 g/mol. The van der Waals surface area contributed by atoms with Crippen molar-refractivity contribution in [2.75, 3.05) is 0 Å². The summed E-state index contributed by atoms with van der Waals surface area (Å²) in [5.74, 6) is -0.308. The molecule has 0 aliphatic carbocycles. The van der Waals surface area contributed by atoms with Crippen LogP contribution in [0.4, 0.5) is 0 Å². The van der Waals surface area contributed by atoms with Gasteiger partial charge in [0.15, 0.2) is 0 Å². The quantitative estimate of drug-likeness (QED) is 0.847. The third-order valence-electron chi connectivity index (χ3n) is 2.83. The zero-order valence-corrected chi connectivity index (χ0v) is 12.4. The standard InChI is InChI=1S/C15H18N4O2/c1-4-19-14(20)9-8-12(17-19)15(21)18-10-6-5-7-13(18)16-11(2)3/h5-11H,4H2,1-3H3. The molecule has 0 aliphatic rings. The highest BCUT2D eigenvalue weighted by Gasteiger charge is 2.12. The van der Waals surface area contributed by atoms with Crippen molar-refractivity contribution in [1.82, 2.24) is 14.3 Å². The number of carbonyl (C=O) groups excluding carboxylic acids is 1. The maximum absolute atomic E-state index is 12.6. The first-order valence-corrected chi connectivity index (χ1v) is 6.87. The Morgan fingerprint density at radius 1 is 1.29 bits per heavy atom. The molecule has 0 saturated heterocycles. The van der Waals surface area contributed by atoms with Gasteiger partial charge in [-0.2, -0.15) is 5.10 Å². The Hall–Kier alpha value is -2.50. The molecule has 0 N–H and O–H groups in total. The number of nitrogens with zero attached hydrogens (tertiary/aromatic N) is 4. The average molecular weight is 286 g/mol. The van der Waals surface area contributed by atoms with E-state index >= 15 is 0 Å². The van der Waals surface area contributed by atoms with Crippen molar-refractivity contribution >= 4 is 5.91 Å². The number of aryl methyl sites for hydroxylation is 1. The van der Waals surface area contributed by atoms with Crippen molar-refractivity contribution in [2.45, 2.75) is 33.4 Å². The van der Waals surface area contributed by atoms with Gasteiger partial charge in [0.25, 0.3) is 11.5 Å². The zero-order chi connectivity index (χ0) is 15.4. The normalized spacial score (nSPS) is 11.9. The van der Waals surface area contributed by atoms with Gasteiger partial charge in [0, 0.05) is 24.8 Å². The van der Waals surface area contributed by atoms with Gasteiger partial charge in [-0.05, 0) is 39.0 Å². The van der Waals surface area contributed by atoms with Crippen molar-refractivity contribution in [2.24, 2.45) is 4.99 Å². The van der Waals surface area contributed by atoms with E-state index in [0.717, 1.165) is 0 Å². The van der Waals surface area contributed by atoms with Crippen LogP contribution in [-0.4, -0.2) is 26.3 Å². The highest BCUT2D eigenvalue weighted by Crippen LogP contribution is 1.96. The molecule has 110 valence electrons. The third-order valence-corrected chi connectivity index (χ3v) is 2.83. The van der Waals surface area contributed by atoms with Crippen LogP contribution in [-0.2, 0) is 6.54 Å². The Morgan fingerprint density at radius 2 is 2.05 bits per heavy atom. The van der Waals surface area contributed by atoms with Crippen molar-refractivity contribution in [3.63, 3.8) is 0 Å². The van der Waals surface area contributed by atoms with Crippen molar-refractivity contribution < 1.29 is 4.79 Å². The molecule has 0 spiro atoms. The summed E-state index contributed by atoms with van der Waals surface area (Å²) in [6.45, 7) is 6.11. The van der Waals surface area contributed by atoms with Gasteiger partial charge in [-0.1, -0.05) is 6.07 Å². The topological polar surface area (TPSA) is 69.2 Å². The molecule has 21 heavy (non-hydrogen) atoms. The summed E-state index contributed by atoms with van der Waals surface area (Å²) in [6.07, 6.45) is 1.65. The lowest BCUT2D eigenvalue weighted by Crippen LogP contribution is -2.31. The van der Waals surface area contributed by atoms with Crippen molar-refractivity contribution in [3.8, 4) is 0 Å². The minimum Gasteiger partial charge on any atom is -0.268 e. The molecule has 0 radical (unpaired) electrons. The van der Waals surface area contributed by atoms with Crippen LogP contribution in [0.2, 0.25) is 0 Å². The maximum Gasteiger partial charge on any atom is 0.283 e. The lowest BCUT2D eigenvalue weighted by molar-refractivity contribution is 0.0947. The van der Waals surface area contributed by atoms with Crippen LogP contribution in [0.15, 0.2) is 46.3 Å². The SMILES string of the molecule is CCn1nc(C(=O)n2ccccc2=NC(C)C)ccc1=O. The van der Waals surface area contributed by atoms with Crippen LogP contribution < -0.4 is 11.0 Å². The second kappa shape index (κ2) is 6.30. The summed E-state index contributed by atoms with van der Waals surface area (Å²) in [7, 11) is 0. The van der Waals surface area contributed by atoms with Gasteiger partial charge in [-0.15, -0.1) is 0 Å². The summed E-state index contributed by atoms with van der Waals surface area (Å²) in [6, 6.07) is 8.22. The van der Waals surface area contributed by atoms with Crippen LogP contribution in [0.3, 0.4) is 0 Å². The molecule has 2 aromatic rings. The van der Waals surface area contributed by atoms with Gasteiger partial charge in [-0.25, -0.2) is 4.68 Å². The Bertz CT molecular complexity index is 771. The second-order valence-electron chi connectivity index (χ2n) is 4.83. The fourth-order valence-electron chi connectivity index (χ4n) is 1.89. The molecular weight excluding hydrogens is 268 g/mol. The van der Waals surface area contributed by atoms with E-state index in [1.807, 2.05) is 19.9 Å². The highest BCUT2D eigenvalue weighted by molar-refractivity contribution is 5.93. The molecule has 0 atom stereocenters. The van der Waals surface area contributed by atoms with Crippen LogP contribution in [0, 0.1) is 0 Å². The smallest absolute Gasteiger partial charge is 0.268 e. The number of pyridine rings is 1. The average Bonchev–Trinajstić information content (AvgIpc) is 2.47. The van der Waals surface area contributed by atoms with Gasteiger partial charge in [0.2, 0.25) is 0 Å². The van der Waals surface area contributed by atoms with Gasteiger partial charge in [0.1, 0.15) is 11.2 Å². The first-order valence-electron chi connectivity index (χ1n) is 6.87. The molecular formula is C15H18N4O2. The van der Waals surface area contributed by atoms with Crippen molar-refractivity contribution in [3.05, 3.63) is 58.1 Å². The largest absolute Gasteiger partial charge is 0.283 e. The molecule has 6 heteroatoms. The van der Waals surface area contributed by atoms with Crippen LogP contribution >= 0.6 is 0 Å². The first-order chi connectivity index (χ1) is 10.0. The molecule has 2 rings (SSSR count). The Labute approximate surface area is 122 Å². The summed E-state index contributed by atoms with van der Waals surface area (Å²) in [4.78, 5) is 28.5. The molecule has 2 aromatic heterocycles. The molecule has 0 aromatic carbocycles. The van der Waals surface area contributed by atoms with Crippen LogP contribution in [0.1, 0.15) is 31.3 Å².